The number of aliphatic hydroxyl groups is 3. The summed E-state index contributed by atoms with van der Waals surface area (Å²) in [6, 6.07) is 0. The minimum absolute atomic E-state index is 0.606. The van der Waals surface area contributed by atoms with Gasteiger partial charge in [-0.3, -0.25) is 0 Å². The van der Waals surface area contributed by atoms with Gasteiger partial charge in [-0.2, -0.15) is 0 Å². The molecule has 1 unspecified atom stereocenters. The van der Waals surface area contributed by atoms with E-state index in [0.29, 0.717) is 0 Å². The molecule has 0 aromatic carbocycles. The Kier molecular flexibility index (Phi) is 1.74. The van der Waals surface area contributed by atoms with Crippen LogP contribution in [0.4, 0.5) is 0 Å². The lowest BCUT2D eigenvalue weighted by Crippen LogP contribution is -2.25. The molecular formula is C6H8O5. The topological polar surface area (TPSA) is 87.0 Å². The van der Waals surface area contributed by atoms with Crippen LogP contribution in [0.5, 0.6) is 0 Å². The molecule has 3 N–H and O–H groups in total. The second-order valence-electron chi connectivity index (χ2n) is 2.30. The maximum atomic E-state index is 10.5. The van der Waals surface area contributed by atoms with E-state index in [9.17, 15) is 4.79 Å². The largest absolute Gasteiger partial charge is 0.505 e. The summed E-state index contributed by atoms with van der Waals surface area (Å²) in [6.45, 7) is 1.34. The van der Waals surface area contributed by atoms with Crippen LogP contribution >= 0.6 is 0 Å². The first-order valence-electron chi connectivity index (χ1n) is 3.05. The van der Waals surface area contributed by atoms with Crippen LogP contribution in [0.1, 0.15) is 6.92 Å². The minimum Gasteiger partial charge on any atom is -0.505 e. The molecular weight excluding hydrogens is 152 g/mol. The average Bonchev–Trinajstić information content (AvgIpc) is 2.17. The van der Waals surface area contributed by atoms with Crippen LogP contribution in [-0.2, 0) is 9.53 Å². The highest BCUT2D eigenvalue weighted by molar-refractivity contribution is 5.89. The predicted octanol–water partition coefficient (Wildman–Crippen LogP) is -0.380. The standard InChI is InChI=1S/C6H8O5/c1-2(7)5-3(8)4(9)6(10)11-5/h2,5,7-9H,1H3/t2?,5-/m1/s1. The van der Waals surface area contributed by atoms with Crippen LogP contribution in [0.2, 0.25) is 0 Å². The first kappa shape index (κ1) is 7.87. The molecule has 0 saturated heterocycles. The van der Waals surface area contributed by atoms with Gasteiger partial charge in [-0.1, -0.05) is 0 Å². The number of ether oxygens (including phenoxy) is 1. The summed E-state index contributed by atoms with van der Waals surface area (Å²) in [4.78, 5) is 10.5. The average molecular weight is 160 g/mol. The molecule has 0 aromatic rings. The molecule has 0 aliphatic carbocycles. The highest BCUT2D eigenvalue weighted by Gasteiger charge is 2.37. The van der Waals surface area contributed by atoms with Crippen LogP contribution in [0.15, 0.2) is 11.5 Å². The lowest BCUT2D eigenvalue weighted by atomic mass is 10.2. The molecule has 0 saturated carbocycles. The monoisotopic (exact) mass is 160 g/mol. The third-order valence-electron chi connectivity index (χ3n) is 1.38. The Labute approximate surface area is 62.5 Å². The van der Waals surface area contributed by atoms with Gasteiger partial charge in [-0.25, -0.2) is 4.79 Å². The van der Waals surface area contributed by atoms with Crippen molar-refractivity contribution in [3.05, 3.63) is 11.5 Å². The smallest absolute Gasteiger partial charge is 0.377 e. The van der Waals surface area contributed by atoms with Crippen molar-refractivity contribution in [2.24, 2.45) is 0 Å². The van der Waals surface area contributed by atoms with E-state index >= 15 is 0 Å². The number of esters is 1. The summed E-state index contributed by atoms with van der Waals surface area (Å²) < 4.78 is 4.38. The van der Waals surface area contributed by atoms with Gasteiger partial charge in [0, 0.05) is 0 Å². The molecule has 0 spiro atoms. The maximum absolute atomic E-state index is 10.5. The molecule has 0 aromatic heterocycles. The summed E-state index contributed by atoms with van der Waals surface area (Å²) in [5.41, 5.74) is 0. The Balaban J connectivity index is 2.86. The van der Waals surface area contributed by atoms with Crippen LogP contribution in [0, 0.1) is 0 Å². The molecule has 1 aliphatic rings. The highest BCUT2D eigenvalue weighted by Crippen LogP contribution is 2.20. The Morgan fingerprint density at radius 2 is 2.09 bits per heavy atom. The van der Waals surface area contributed by atoms with Crippen LogP contribution in [0.25, 0.3) is 0 Å². The Morgan fingerprint density at radius 3 is 2.27 bits per heavy atom. The van der Waals surface area contributed by atoms with Gasteiger partial charge in [0.05, 0.1) is 6.10 Å². The Morgan fingerprint density at radius 1 is 1.55 bits per heavy atom. The van der Waals surface area contributed by atoms with Crippen molar-refractivity contribution >= 4 is 5.97 Å². The zero-order valence-corrected chi connectivity index (χ0v) is 5.81. The van der Waals surface area contributed by atoms with Gasteiger partial charge in [0.2, 0.25) is 5.76 Å². The minimum atomic E-state index is -1.12. The summed E-state index contributed by atoms with van der Waals surface area (Å²) in [5, 5.41) is 26.5. The number of hydrogen-bond acceptors (Lipinski definition) is 5. The van der Waals surface area contributed by atoms with Gasteiger partial charge >= 0.3 is 5.97 Å². The fourth-order valence-electron chi connectivity index (χ4n) is 0.793. The van der Waals surface area contributed by atoms with E-state index in [2.05, 4.69) is 4.74 Å². The first-order chi connectivity index (χ1) is 5.04. The molecule has 0 bridgehead atoms. The number of hydrogen-bond donors (Lipinski definition) is 3. The Bertz CT molecular complexity index is 217. The van der Waals surface area contributed by atoms with Crippen molar-refractivity contribution in [3.8, 4) is 0 Å². The molecule has 5 heteroatoms. The van der Waals surface area contributed by atoms with Crippen LogP contribution < -0.4 is 0 Å². The van der Waals surface area contributed by atoms with Crippen molar-refractivity contribution in [1.29, 1.82) is 0 Å². The zero-order valence-electron chi connectivity index (χ0n) is 5.81. The lowest BCUT2D eigenvalue weighted by molar-refractivity contribution is -0.146. The highest BCUT2D eigenvalue weighted by atomic mass is 16.6. The summed E-state index contributed by atoms with van der Waals surface area (Å²) in [7, 11) is 0. The van der Waals surface area contributed by atoms with Crippen molar-refractivity contribution in [3.63, 3.8) is 0 Å². The molecule has 2 atom stereocenters. The summed E-state index contributed by atoms with van der Waals surface area (Å²) >= 11 is 0. The predicted molar refractivity (Wildman–Crippen MR) is 33.8 cm³/mol. The normalized spacial score (nSPS) is 27.1. The van der Waals surface area contributed by atoms with E-state index in [-0.39, 0.29) is 0 Å². The van der Waals surface area contributed by atoms with Crippen LogP contribution in [-0.4, -0.2) is 33.5 Å². The number of rotatable bonds is 1. The molecule has 0 amide bonds. The van der Waals surface area contributed by atoms with Crippen molar-refractivity contribution < 1.29 is 24.9 Å². The second-order valence-corrected chi connectivity index (χ2v) is 2.30. The third kappa shape index (κ3) is 1.14. The van der Waals surface area contributed by atoms with Crippen LogP contribution in [0.3, 0.4) is 0 Å². The molecule has 62 valence electrons. The SMILES string of the molecule is CC(O)[C@H]1OC(=O)C(O)=C1O. The van der Waals surface area contributed by atoms with E-state index in [1.807, 2.05) is 0 Å². The Hall–Kier alpha value is -1.23. The fourth-order valence-corrected chi connectivity index (χ4v) is 0.793. The molecule has 5 nitrogen and oxygen atoms in total. The number of carbonyl (C=O) groups is 1. The first-order valence-corrected chi connectivity index (χ1v) is 3.05. The van der Waals surface area contributed by atoms with E-state index in [0.717, 1.165) is 0 Å². The molecule has 1 rings (SSSR count). The van der Waals surface area contributed by atoms with E-state index in [1.165, 1.54) is 6.92 Å². The van der Waals surface area contributed by atoms with E-state index in [4.69, 9.17) is 15.3 Å². The van der Waals surface area contributed by atoms with Crippen molar-refractivity contribution in [2.75, 3.05) is 0 Å². The molecule has 1 heterocycles. The van der Waals surface area contributed by atoms with Crippen molar-refractivity contribution in [2.45, 2.75) is 19.1 Å². The lowest BCUT2D eigenvalue weighted by Gasteiger charge is -2.11. The summed E-state index contributed by atoms with van der Waals surface area (Å²) in [5.74, 6) is -2.44. The molecule has 0 radical (unpaired) electrons. The molecule has 1 aliphatic heterocycles. The van der Waals surface area contributed by atoms with Gasteiger partial charge in [0.25, 0.3) is 0 Å². The van der Waals surface area contributed by atoms with Crippen molar-refractivity contribution in [1.82, 2.24) is 0 Å². The van der Waals surface area contributed by atoms with Gasteiger partial charge in [-0.05, 0) is 6.92 Å². The van der Waals surface area contributed by atoms with E-state index < -0.39 is 29.7 Å². The molecule has 0 fully saturated rings. The van der Waals surface area contributed by atoms with Gasteiger partial charge in [0.15, 0.2) is 11.9 Å². The third-order valence-corrected chi connectivity index (χ3v) is 1.38. The summed E-state index contributed by atoms with van der Waals surface area (Å²) in [6.07, 6.45) is -2.15. The number of carbonyl (C=O) groups excluding carboxylic acids is 1. The zero-order chi connectivity index (χ0) is 8.59. The maximum Gasteiger partial charge on any atom is 0.377 e. The van der Waals surface area contributed by atoms with Gasteiger partial charge in [-0.15, -0.1) is 0 Å². The molecule has 11 heavy (non-hydrogen) atoms. The fraction of sp³-hybridized carbons (Fsp3) is 0.500. The number of cyclic esters (lactones) is 1. The van der Waals surface area contributed by atoms with E-state index in [1.54, 1.807) is 0 Å². The van der Waals surface area contributed by atoms with Gasteiger partial charge < -0.3 is 20.1 Å². The number of aliphatic hydroxyl groups excluding tert-OH is 3. The van der Waals surface area contributed by atoms with Gasteiger partial charge in [0.1, 0.15) is 0 Å². The quantitative estimate of drug-likeness (QED) is 0.455. The second kappa shape index (κ2) is 2.43.